The van der Waals surface area contributed by atoms with E-state index >= 15 is 0 Å². The second-order valence-electron chi connectivity index (χ2n) is 5.52. The van der Waals surface area contributed by atoms with Crippen molar-refractivity contribution >= 4 is 21.6 Å². The second-order valence-corrected chi connectivity index (χ2v) is 6.61. The molecular formula is C17H15FN2OS. The molecule has 22 heavy (non-hydrogen) atoms. The predicted octanol–water partition coefficient (Wildman–Crippen LogP) is 4.81. The molecule has 0 aliphatic heterocycles. The fraction of sp³-hybridized carbons (Fsp3) is 0.294. The topological polar surface area (TPSA) is 35.0 Å². The molecule has 0 spiro atoms. The van der Waals surface area contributed by atoms with Gasteiger partial charge in [0.15, 0.2) is 0 Å². The van der Waals surface area contributed by atoms with Crippen molar-refractivity contribution in [2.45, 2.75) is 32.6 Å². The Morgan fingerprint density at radius 2 is 1.86 bits per heavy atom. The average molecular weight is 314 g/mol. The fourth-order valence-electron chi connectivity index (χ4n) is 2.91. The summed E-state index contributed by atoms with van der Waals surface area (Å²) in [6.45, 7) is 1.87. The molecule has 0 bridgehead atoms. The molecule has 0 N–H and O–H groups in total. The van der Waals surface area contributed by atoms with E-state index < -0.39 is 0 Å². The molecule has 5 heteroatoms. The summed E-state index contributed by atoms with van der Waals surface area (Å²) in [5.41, 5.74) is 1.34. The molecule has 0 amide bonds. The minimum Gasteiger partial charge on any atom is -0.438 e. The van der Waals surface area contributed by atoms with Crippen molar-refractivity contribution in [1.82, 2.24) is 9.97 Å². The standard InChI is InChI=1S/C17H15FN2OS/c1-10-19-16(21-12-8-6-11(18)7-9-12)15-13-4-2-3-5-14(13)22-17(15)20-10/h6-9H,2-5H2,1H3. The van der Waals surface area contributed by atoms with Crippen LogP contribution in [0, 0.1) is 12.7 Å². The Kier molecular flexibility index (Phi) is 3.30. The van der Waals surface area contributed by atoms with E-state index in [-0.39, 0.29) is 5.82 Å². The van der Waals surface area contributed by atoms with Crippen LogP contribution in [0.4, 0.5) is 4.39 Å². The van der Waals surface area contributed by atoms with E-state index in [9.17, 15) is 4.39 Å². The number of ether oxygens (including phenoxy) is 1. The van der Waals surface area contributed by atoms with Gasteiger partial charge in [-0.3, -0.25) is 0 Å². The molecule has 3 aromatic rings. The number of fused-ring (bicyclic) bond motifs is 3. The predicted molar refractivity (Wildman–Crippen MR) is 85.3 cm³/mol. The highest BCUT2D eigenvalue weighted by Gasteiger charge is 2.21. The van der Waals surface area contributed by atoms with Crippen LogP contribution in [-0.4, -0.2) is 9.97 Å². The van der Waals surface area contributed by atoms with E-state index in [0.29, 0.717) is 17.5 Å². The summed E-state index contributed by atoms with van der Waals surface area (Å²) in [5.74, 6) is 1.61. The highest BCUT2D eigenvalue weighted by atomic mass is 32.1. The molecule has 2 heterocycles. The summed E-state index contributed by atoms with van der Waals surface area (Å²) in [6, 6.07) is 6.03. The van der Waals surface area contributed by atoms with E-state index in [0.717, 1.165) is 23.1 Å². The van der Waals surface area contributed by atoms with Crippen LogP contribution in [0.2, 0.25) is 0 Å². The first-order valence-corrected chi connectivity index (χ1v) is 8.24. The molecule has 0 unspecified atom stereocenters. The molecule has 0 fully saturated rings. The van der Waals surface area contributed by atoms with Crippen molar-refractivity contribution in [2.75, 3.05) is 0 Å². The van der Waals surface area contributed by atoms with Gasteiger partial charge in [-0.15, -0.1) is 11.3 Å². The number of benzene rings is 1. The lowest BCUT2D eigenvalue weighted by Gasteiger charge is -2.12. The number of rotatable bonds is 2. The molecule has 0 atom stereocenters. The second kappa shape index (κ2) is 5.32. The van der Waals surface area contributed by atoms with Crippen LogP contribution >= 0.6 is 11.3 Å². The zero-order valence-corrected chi connectivity index (χ0v) is 13.0. The Morgan fingerprint density at radius 3 is 2.68 bits per heavy atom. The van der Waals surface area contributed by atoms with Crippen LogP contribution in [0.25, 0.3) is 10.2 Å². The van der Waals surface area contributed by atoms with E-state index in [2.05, 4.69) is 9.97 Å². The van der Waals surface area contributed by atoms with Gasteiger partial charge in [-0.2, -0.15) is 4.98 Å². The summed E-state index contributed by atoms with van der Waals surface area (Å²) >= 11 is 1.75. The molecule has 0 saturated carbocycles. The van der Waals surface area contributed by atoms with Crippen LogP contribution in [0.3, 0.4) is 0 Å². The van der Waals surface area contributed by atoms with Gasteiger partial charge in [0.05, 0.1) is 5.39 Å². The van der Waals surface area contributed by atoms with Crippen molar-refractivity contribution in [1.29, 1.82) is 0 Å². The number of thiophene rings is 1. The number of hydrogen-bond donors (Lipinski definition) is 0. The van der Waals surface area contributed by atoms with Gasteiger partial charge in [-0.25, -0.2) is 9.37 Å². The van der Waals surface area contributed by atoms with Crippen LogP contribution in [-0.2, 0) is 12.8 Å². The first-order chi connectivity index (χ1) is 10.7. The molecule has 112 valence electrons. The van der Waals surface area contributed by atoms with Gasteiger partial charge >= 0.3 is 0 Å². The molecule has 0 saturated heterocycles. The van der Waals surface area contributed by atoms with Crippen LogP contribution in [0.15, 0.2) is 24.3 Å². The van der Waals surface area contributed by atoms with E-state index in [1.807, 2.05) is 6.92 Å². The lowest BCUT2D eigenvalue weighted by molar-refractivity contribution is 0.464. The van der Waals surface area contributed by atoms with Crippen LogP contribution in [0.1, 0.15) is 29.1 Å². The monoisotopic (exact) mass is 314 g/mol. The first-order valence-electron chi connectivity index (χ1n) is 7.43. The minimum atomic E-state index is -0.274. The molecule has 0 radical (unpaired) electrons. The van der Waals surface area contributed by atoms with Gasteiger partial charge in [0, 0.05) is 4.88 Å². The smallest absolute Gasteiger partial charge is 0.231 e. The van der Waals surface area contributed by atoms with Crippen molar-refractivity contribution in [2.24, 2.45) is 0 Å². The Labute approximate surface area is 131 Å². The van der Waals surface area contributed by atoms with Crippen LogP contribution in [0.5, 0.6) is 11.6 Å². The van der Waals surface area contributed by atoms with Gasteiger partial charge in [0.1, 0.15) is 22.2 Å². The van der Waals surface area contributed by atoms with Crippen molar-refractivity contribution < 1.29 is 9.13 Å². The number of aromatic nitrogens is 2. The van der Waals surface area contributed by atoms with E-state index in [1.165, 1.54) is 35.4 Å². The van der Waals surface area contributed by atoms with E-state index in [4.69, 9.17) is 4.74 Å². The lowest BCUT2D eigenvalue weighted by Crippen LogP contribution is -2.00. The zero-order chi connectivity index (χ0) is 15.1. The summed E-state index contributed by atoms with van der Waals surface area (Å²) in [5, 5.41) is 1.04. The maximum absolute atomic E-state index is 13.0. The highest BCUT2D eigenvalue weighted by molar-refractivity contribution is 7.18. The molecule has 1 aromatic carbocycles. The third-order valence-electron chi connectivity index (χ3n) is 3.92. The van der Waals surface area contributed by atoms with Crippen LogP contribution < -0.4 is 4.74 Å². The van der Waals surface area contributed by atoms with Crippen molar-refractivity contribution in [3.05, 3.63) is 46.3 Å². The number of aryl methyl sites for hydroxylation is 3. The minimum absolute atomic E-state index is 0.274. The molecule has 3 nitrogen and oxygen atoms in total. The van der Waals surface area contributed by atoms with E-state index in [1.54, 1.807) is 23.5 Å². The molecule has 2 aromatic heterocycles. The Bertz CT molecular complexity index is 842. The van der Waals surface area contributed by atoms with Gasteiger partial charge < -0.3 is 4.74 Å². The number of halogens is 1. The van der Waals surface area contributed by atoms with Gasteiger partial charge in [0.2, 0.25) is 5.88 Å². The molecule has 1 aliphatic carbocycles. The quantitative estimate of drug-likeness (QED) is 0.681. The van der Waals surface area contributed by atoms with Gasteiger partial charge in [-0.05, 0) is 62.4 Å². The summed E-state index contributed by atoms with van der Waals surface area (Å²) in [7, 11) is 0. The Morgan fingerprint density at radius 1 is 1.09 bits per heavy atom. The lowest BCUT2D eigenvalue weighted by atomic mass is 9.97. The fourth-order valence-corrected chi connectivity index (χ4v) is 4.21. The third-order valence-corrected chi connectivity index (χ3v) is 5.11. The summed E-state index contributed by atoms with van der Waals surface area (Å²) < 4.78 is 19.0. The van der Waals surface area contributed by atoms with Crippen molar-refractivity contribution in [3.8, 4) is 11.6 Å². The Balaban J connectivity index is 1.85. The highest BCUT2D eigenvalue weighted by Crippen LogP contribution is 2.40. The Hall–Kier alpha value is -2.01. The maximum Gasteiger partial charge on any atom is 0.231 e. The third kappa shape index (κ3) is 2.35. The maximum atomic E-state index is 13.0. The molecular weight excluding hydrogens is 299 g/mol. The number of nitrogens with zero attached hydrogens (tertiary/aromatic N) is 2. The largest absolute Gasteiger partial charge is 0.438 e. The summed E-state index contributed by atoms with van der Waals surface area (Å²) in [6.07, 6.45) is 4.61. The summed E-state index contributed by atoms with van der Waals surface area (Å²) in [4.78, 5) is 11.4. The van der Waals surface area contributed by atoms with Gasteiger partial charge in [0.25, 0.3) is 0 Å². The number of hydrogen-bond acceptors (Lipinski definition) is 4. The SMILES string of the molecule is Cc1nc(Oc2ccc(F)cc2)c2c3c(sc2n1)CCCC3. The van der Waals surface area contributed by atoms with Gasteiger partial charge in [-0.1, -0.05) is 0 Å². The zero-order valence-electron chi connectivity index (χ0n) is 12.2. The molecule has 1 aliphatic rings. The first kappa shape index (κ1) is 13.6. The molecule has 4 rings (SSSR count). The normalized spacial score (nSPS) is 14.1. The average Bonchev–Trinajstić information content (AvgIpc) is 2.87. The van der Waals surface area contributed by atoms with Crippen molar-refractivity contribution in [3.63, 3.8) is 0 Å².